The molecule has 0 saturated heterocycles. The second-order valence-corrected chi connectivity index (χ2v) is 3.49. The molecule has 3 heteroatoms. The molecule has 0 aliphatic carbocycles. The predicted octanol–water partition coefficient (Wildman–Crippen LogP) is 2.26. The van der Waals surface area contributed by atoms with Crippen LogP contribution >= 0.6 is 0 Å². The quantitative estimate of drug-likeness (QED) is 0.564. The highest BCUT2D eigenvalue weighted by atomic mass is 15.2. The normalized spacial score (nSPS) is 11.1. The maximum atomic E-state index is 6.83. The number of hydrogen-bond acceptors (Lipinski definition) is 1. The van der Waals surface area contributed by atoms with Crippen molar-refractivity contribution in [3.8, 4) is 0 Å². The minimum Gasteiger partial charge on any atom is -0.362 e. The lowest BCUT2D eigenvalue weighted by atomic mass is 9.89. The molecule has 0 amide bonds. The molecule has 0 unspecified atom stereocenters. The van der Waals surface area contributed by atoms with E-state index in [9.17, 15) is 0 Å². The third kappa shape index (κ3) is 1.40. The second kappa shape index (κ2) is 2.39. The third-order valence-electron chi connectivity index (χ3n) is 1.54. The molecule has 3 nitrogen and oxygen atoms in total. The summed E-state index contributed by atoms with van der Waals surface area (Å²) in [4.78, 5) is 3.33. The number of hydrogen-bond donors (Lipinski definition) is 1. The van der Waals surface area contributed by atoms with Crippen molar-refractivity contribution < 1.29 is 0 Å². The Kier molecular flexibility index (Phi) is 1.69. The van der Waals surface area contributed by atoms with E-state index in [1.54, 1.807) is 6.20 Å². The maximum absolute atomic E-state index is 6.83. The van der Waals surface area contributed by atoms with Gasteiger partial charge < -0.3 is 4.85 Å². The zero-order chi connectivity index (χ0) is 8.48. The molecule has 1 heterocycles. The van der Waals surface area contributed by atoms with Gasteiger partial charge in [0, 0.05) is 5.56 Å². The smallest absolute Gasteiger partial charge is 0.253 e. The van der Waals surface area contributed by atoms with Crippen LogP contribution in [0.1, 0.15) is 26.3 Å². The van der Waals surface area contributed by atoms with Crippen LogP contribution < -0.4 is 0 Å². The Labute approximate surface area is 66.3 Å². The molecule has 58 valence electrons. The van der Waals surface area contributed by atoms with Crippen LogP contribution in [0.3, 0.4) is 0 Å². The zero-order valence-electron chi connectivity index (χ0n) is 6.97. The van der Waals surface area contributed by atoms with Gasteiger partial charge in [0.05, 0.1) is 6.20 Å². The van der Waals surface area contributed by atoms with Crippen LogP contribution in [-0.2, 0) is 5.41 Å². The third-order valence-corrected chi connectivity index (χ3v) is 1.54. The molecule has 1 rings (SSSR count). The summed E-state index contributed by atoms with van der Waals surface area (Å²) >= 11 is 0. The van der Waals surface area contributed by atoms with Gasteiger partial charge in [0.2, 0.25) is 0 Å². The highest BCUT2D eigenvalue weighted by molar-refractivity contribution is 5.47. The van der Waals surface area contributed by atoms with E-state index >= 15 is 0 Å². The minimum absolute atomic E-state index is 0.00683. The molecule has 0 saturated carbocycles. The standard InChI is InChI=1S/C8H11N3/c1-8(2,3)6-5-10-11-7(6)9-4/h5H,1-3H3,(H,10,11). The van der Waals surface area contributed by atoms with E-state index in [0.717, 1.165) is 5.56 Å². The van der Waals surface area contributed by atoms with Gasteiger partial charge in [-0.05, 0) is 5.41 Å². The molecular weight excluding hydrogens is 138 g/mol. The Hall–Kier alpha value is -1.30. The van der Waals surface area contributed by atoms with E-state index in [2.05, 4.69) is 35.8 Å². The summed E-state index contributed by atoms with van der Waals surface area (Å²) in [7, 11) is 0. The summed E-state index contributed by atoms with van der Waals surface area (Å²) < 4.78 is 0. The second-order valence-electron chi connectivity index (χ2n) is 3.49. The van der Waals surface area contributed by atoms with Crippen molar-refractivity contribution in [2.24, 2.45) is 0 Å². The SMILES string of the molecule is [C-]#[N+]c1[nH]ncc1C(C)(C)C. The van der Waals surface area contributed by atoms with E-state index in [1.165, 1.54) is 0 Å². The zero-order valence-corrected chi connectivity index (χ0v) is 6.97. The van der Waals surface area contributed by atoms with Crippen molar-refractivity contribution in [2.45, 2.75) is 26.2 Å². The van der Waals surface area contributed by atoms with Gasteiger partial charge in [-0.3, -0.25) is 0 Å². The number of H-pyrrole nitrogens is 1. The fourth-order valence-corrected chi connectivity index (χ4v) is 0.913. The molecule has 1 aromatic heterocycles. The van der Waals surface area contributed by atoms with Gasteiger partial charge in [-0.2, -0.15) is 0 Å². The van der Waals surface area contributed by atoms with Gasteiger partial charge >= 0.3 is 0 Å². The van der Waals surface area contributed by atoms with Crippen molar-refractivity contribution in [3.63, 3.8) is 0 Å². The average Bonchev–Trinajstić information content (AvgIpc) is 2.31. The lowest BCUT2D eigenvalue weighted by Crippen LogP contribution is -2.09. The van der Waals surface area contributed by atoms with E-state index in [0.29, 0.717) is 5.82 Å². The highest BCUT2D eigenvalue weighted by Gasteiger charge is 2.18. The topological polar surface area (TPSA) is 33.0 Å². The molecule has 1 N–H and O–H groups in total. The minimum atomic E-state index is 0.00683. The van der Waals surface area contributed by atoms with Crippen molar-refractivity contribution in [3.05, 3.63) is 23.2 Å². The summed E-state index contributed by atoms with van der Waals surface area (Å²) in [5, 5.41) is 6.48. The molecule has 0 atom stereocenters. The Morgan fingerprint density at radius 2 is 2.18 bits per heavy atom. The first kappa shape index (κ1) is 7.80. The van der Waals surface area contributed by atoms with Crippen LogP contribution in [0.4, 0.5) is 5.82 Å². The number of nitrogens with one attached hydrogen (secondary N) is 1. The molecular formula is C8H11N3. The van der Waals surface area contributed by atoms with Gasteiger partial charge in [0.1, 0.15) is 0 Å². The monoisotopic (exact) mass is 149 g/mol. The summed E-state index contributed by atoms with van der Waals surface area (Å²) in [5.74, 6) is 0.553. The lowest BCUT2D eigenvalue weighted by molar-refractivity contribution is 0.593. The highest BCUT2D eigenvalue weighted by Crippen LogP contribution is 2.28. The van der Waals surface area contributed by atoms with Gasteiger partial charge in [0.15, 0.2) is 0 Å². The Morgan fingerprint density at radius 3 is 2.55 bits per heavy atom. The lowest BCUT2D eigenvalue weighted by Gasteiger charge is -2.16. The number of nitrogens with zero attached hydrogens (tertiary/aromatic N) is 2. The molecule has 0 bridgehead atoms. The van der Waals surface area contributed by atoms with Gasteiger partial charge in [-0.25, -0.2) is 5.10 Å². The van der Waals surface area contributed by atoms with Crippen molar-refractivity contribution >= 4 is 5.82 Å². The predicted molar refractivity (Wildman–Crippen MR) is 43.5 cm³/mol. The first-order valence-corrected chi connectivity index (χ1v) is 3.47. The Morgan fingerprint density at radius 1 is 1.55 bits per heavy atom. The maximum Gasteiger partial charge on any atom is 0.253 e. The van der Waals surface area contributed by atoms with E-state index in [4.69, 9.17) is 6.57 Å². The van der Waals surface area contributed by atoms with E-state index in [-0.39, 0.29) is 5.41 Å². The first-order valence-electron chi connectivity index (χ1n) is 3.47. The van der Waals surface area contributed by atoms with Crippen LogP contribution in [-0.4, -0.2) is 10.2 Å². The summed E-state index contributed by atoms with van der Waals surface area (Å²) in [6.07, 6.45) is 1.72. The van der Waals surface area contributed by atoms with E-state index < -0.39 is 0 Å². The number of rotatable bonds is 0. The average molecular weight is 149 g/mol. The van der Waals surface area contributed by atoms with Gasteiger partial charge in [0.25, 0.3) is 5.82 Å². The van der Waals surface area contributed by atoms with Crippen molar-refractivity contribution in [2.75, 3.05) is 0 Å². The van der Waals surface area contributed by atoms with Crippen LogP contribution in [0, 0.1) is 6.57 Å². The molecule has 0 spiro atoms. The largest absolute Gasteiger partial charge is 0.362 e. The number of aromatic nitrogens is 2. The molecule has 11 heavy (non-hydrogen) atoms. The van der Waals surface area contributed by atoms with Crippen LogP contribution in [0.5, 0.6) is 0 Å². The summed E-state index contributed by atoms with van der Waals surface area (Å²) in [5.41, 5.74) is 0.986. The Bertz CT molecular complexity index is 285. The van der Waals surface area contributed by atoms with Gasteiger partial charge in [-0.1, -0.05) is 27.3 Å². The summed E-state index contributed by atoms with van der Waals surface area (Å²) in [6.45, 7) is 13.0. The molecule has 0 aliphatic rings. The molecule has 0 aromatic carbocycles. The molecule has 0 fully saturated rings. The molecule has 0 radical (unpaired) electrons. The summed E-state index contributed by atoms with van der Waals surface area (Å²) in [6, 6.07) is 0. The fourth-order valence-electron chi connectivity index (χ4n) is 0.913. The fraction of sp³-hybridized carbons (Fsp3) is 0.500. The molecule has 1 aromatic rings. The first-order chi connectivity index (χ1) is 5.05. The molecule has 0 aliphatic heterocycles. The van der Waals surface area contributed by atoms with Gasteiger partial charge in [-0.15, -0.1) is 5.10 Å². The van der Waals surface area contributed by atoms with Crippen LogP contribution in [0.25, 0.3) is 4.85 Å². The Balaban J connectivity index is 3.15. The van der Waals surface area contributed by atoms with Crippen molar-refractivity contribution in [1.82, 2.24) is 10.2 Å². The number of aromatic amines is 1. The van der Waals surface area contributed by atoms with Crippen LogP contribution in [0.15, 0.2) is 6.20 Å². The van der Waals surface area contributed by atoms with E-state index in [1.807, 2.05) is 0 Å². The van der Waals surface area contributed by atoms with Crippen LogP contribution in [0.2, 0.25) is 0 Å². The van der Waals surface area contributed by atoms with Crippen molar-refractivity contribution in [1.29, 1.82) is 0 Å².